The lowest BCUT2D eigenvalue weighted by Crippen LogP contribution is -2.41. The van der Waals surface area contributed by atoms with Gasteiger partial charge in [0, 0.05) is 38.9 Å². The van der Waals surface area contributed by atoms with Crippen molar-refractivity contribution in [3.63, 3.8) is 0 Å². The van der Waals surface area contributed by atoms with Gasteiger partial charge in [0.05, 0.1) is 39.6 Å². The monoisotopic (exact) mass is 1110 g/mol. The maximum Gasteiger partial charge on any atom is 0.326 e. The Bertz CT molecular complexity index is 1300. The minimum atomic E-state index is -1.18. The molecule has 3 unspecified atom stereocenters. The third-order valence-electron chi connectivity index (χ3n) is 10.1. The Morgan fingerprint density at radius 1 is 0.431 bits per heavy atom. The van der Waals surface area contributed by atoms with Crippen LogP contribution in [0, 0.1) is 0 Å². The van der Waals surface area contributed by atoms with Crippen LogP contribution in [0.1, 0.15) is 162 Å². The van der Waals surface area contributed by atoms with E-state index in [1.807, 2.05) is 26.4 Å². The highest BCUT2D eigenvalue weighted by Crippen LogP contribution is 2.15. The number of aliphatic carboxylic acids is 3. The summed E-state index contributed by atoms with van der Waals surface area (Å²) in [7, 11) is 5.74. The van der Waals surface area contributed by atoms with Crippen LogP contribution in [0.15, 0.2) is 0 Å². The Balaban J connectivity index is -0.00000237. The molecule has 3 atom stereocenters. The lowest BCUT2D eigenvalue weighted by atomic mass is 10.0. The van der Waals surface area contributed by atoms with Crippen LogP contribution < -0.4 is 26.4 Å². The minimum absolute atomic E-state index is 0.0276. The van der Waals surface area contributed by atoms with Crippen molar-refractivity contribution in [3.05, 3.63) is 0 Å². The predicted octanol–water partition coefficient (Wildman–Crippen LogP) is 7.49. The maximum atomic E-state index is 12.3. The minimum Gasteiger partial charge on any atom is -0.481 e. The topological polar surface area (TPSA) is 277 Å². The number of thioether (sulfide) groups is 1. The van der Waals surface area contributed by atoms with Gasteiger partial charge in [0.25, 0.3) is 0 Å². The standard InChI is InChI=1S/C43H80N5O14P.C2H6S2.C2H6S.C2H6/c49-37(23-22-35(42(55)56)47-38(50)20-15-13-11-9-7-5-3-1-2-4-6-8-10-12-14-16-21-41(53)54)45-25-27-59-29-32-62-34-40(52)46-26-28-60-30-31-61-33-39(51)44-24-18-17-19-36(48-63)43(57)58;1-3-4-2;1-3-2;1-2/h35-36,48H,1-34,63H2,(H,44,51)(H,45,49)(H,46,52)(H,47,50)(H,53,54)(H,55,56)(H,57,58);1-2H3;1-2H3;1-2H3. The van der Waals surface area contributed by atoms with Gasteiger partial charge in [0.15, 0.2) is 0 Å². The van der Waals surface area contributed by atoms with E-state index in [9.17, 15) is 38.7 Å². The van der Waals surface area contributed by atoms with Crippen molar-refractivity contribution in [1.29, 1.82) is 0 Å². The van der Waals surface area contributed by atoms with E-state index < -0.39 is 30.0 Å². The first-order valence-corrected chi connectivity index (χ1v) is 31.0. The van der Waals surface area contributed by atoms with Crippen LogP contribution >= 0.6 is 42.7 Å². The maximum absolute atomic E-state index is 12.3. The summed E-state index contributed by atoms with van der Waals surface area (Å²) < 4.78 is 21.3. The summed E-state index contributed by atoms with van der Waals surface area (Å²) in [6, 6.07) is -1.77. The fraction of sp³-hybridized carbons (Fsp3) is 0.857. The fourth-order valence-corrected chi connectivity index (χ4v) is 6.61. The summed E-state index contributed by atoms with van der Waals surface area (Å²) in [5.74, 6) is -4.09. The lowest BCUT2D eigenvalue weighted by molar-refractivity contribution is -0.142. The fourth-order valence-electron chi connectivity index (χ4n) is 6.30. The lowest BCUT2D eigenvalue weighted by Gasteiger charge is -2.14. The van der Waals surface area contributed by atoms with E-state index in [-0.39, 0.29) is 115 Å². The van der Waals surface area contributed by atoms with Crippen LogP contribution in [0.2, 0.25) is 0 Å². The van der Waals surface area contributed by atoms with E-state index in [1.54, 1.807) is 33.3 Å². The van der Waals surface area contributed by atoms with Gasteiger partial charge in [-0.25, -0.2) is 4.79 Å². The number of ether oxygens (including phenoxy) is 4. The number of hydrogen-bond donors (Lipinski definition) is 8. The van der Waals surface area contributed by atoms with Gasteiger partial charge in [-0.2, -0.15) is 11.8 Å². The first-order valence-electron chi connectivity index (χ1n) is 25.8. The molecule has 426 valence electrons. The number of nitrogens with one attached hydrogen (secondary N) is 5. The number of amides is 4. The molecule has 0 saturated carbocycles. The van der Waals surface area contributed by atoms with E-state index in [0.717, 1.165) is 38.5 Å². The van der Waals surface area contributed by atoms with Gasteiger partial charge < -0.3 is 55.5 Å². The molecule has 0 aromatic carbocycles. The van der Waals surface area contributed by atoms with E-state index in [4.69, 9.17) is 29.2 Å². The van der Waals surface area contributed by atoms with Crippen LogP contribution in [0.5, 0.6) is 0 Å². The Kier molecular flexibility index (Phi) is 66.4. The molecular formula is C49H98N5O14PS3. The van der Waals surface area contributed by atoms with Gasteiger partial charge in [0.2, 0.25) is 23.6 Å². The molecule has 23 heteroatoms. The summed E-state index contributed by atoms with van der Waals surface area (Å²) >= 11 is 1.75. The van der Waals surface area contributed by atoms with Crippen LogP contribution in [-0.4, -0.2) is 166 Å². The number of carbonyl (C=O) groups excluding carboxylic acids is 4. The summed E-state index contributed by atoms with van der Waals surface area (Å²) in [6.45, 7) is 5.85. The quantitative estimate of drug-likeness (QED) is 0.0166. The molecule has 72 heavy (non-hydrogen) atoms. The van der Waals surface area contributed by atoms with Crippen molar-refractivity contribution >= 4 is 84.3 Å². The van der Waals surface area contributed by atoms with E-state index in [2.05, 4.69) is 48.3 Å². The Hall–Kier alpha value is -2.43. The highest BCUT2D eigenvalue weighted by molar-refractivity contribution is 8.76. The third kappa shape index (κ3) is 63.7. The van der Waals surface area contributed by atoms with Gasteiger partial charge >= 0.3 is 17.9 Å². The largest absolute Gasteiger partial charge is 0.481 e. The molecule has 0 aromatic heterocycles. The summed E-state index contributed by atoms with van der Waals surface area (Å²) in [5.41, 5.74) is 0. The van der Waals surface area contributed by atoms with Gasteiger partial charge in [0.1, 0.15) is 25.3 Å². The third-order valence-corrected chi connectivity index (χ3v) is 11.8. The van der Waals surface area contributed by atoms with Crippen molar-refractivity contribution in [2.75, 3.05) is 97.5 Å². The zero-order chi connectivity index (χ0) is 54.7. The molecule has 0 fully saturated rings. The molecule has 0 aliphatic heterocycles. The second-order valence-electron chi connectivity index (χ2n) is 16.2. The highest BCUT2D eigenvalue weighted by Gasteiger charge is 2.21. The zero-order valence-electron chi connectivity index (χ0n) is 44.8. The van der Waals surface area contributed by atoms with Gasteiger partial charge in [-0.15, -0.1) is 0 Å². The van der Waals surface area contributed by atoms with Crippen LogP contribution in [-0.2, 0) is 52.5 Å². The molecule has 8 N–H and O–H groups in total. The molecule has 0 bridgehead atoms. The number of unbranched alkanes of at least 4 members (excludes halogenated alkanes) is 16. The molecular weight excluding hydrogens is 1010 g/mol. The average Bonchev–Trinajstić information content (AvgIpc) is 3.35. The molecule has 0 saturated heterocycles. The number of carboxylic acids is 3. The molecule has 0 heterocycles. The summed E-state index contributed by atoms with van der Waals surface area (Å²) in [4.78, 5) is 81.4. The van der Waals surface area contributed by atoms with E-state index >= 15 is 0 Å². The molecule has 4 amide bonds. The Morgan fingerprint density at radius 2 is 0.806 bits per heavy atom. The van der Waals surface area contributed by atoms with Gasteiger partial charge in [-0.05, 0) is 63.5 Å². The normalized spacial score (nSPS) is 11.3. The van der Waals surface area contributed by atoms with Crippen molar-refractivity contribution in [3.8, 4) is 0 Å². The van der Waals surface area contributed by atoms with Crippen molar-refractivity contribution in [1.82, 2.24) is 26.4 Å². The Morgan fingerprint density at radius 3 is 1.19 bits per heavy atom. The number of hydrogen-bond acceptors (Lipinski definition) is 15. The molecule has 0 rings (SSSR count). The van der Waals surface area contributed by atoms with Crippen LogP contribution in [0.4, 0.5) is 0 Å². The predicted molar refractivity (Wildman–Crippen MR) is 298 cm³/mol. The van der Waals surface area contributed by atoms with Crippen molar-refractivity contribution in [2.24, 2.45) is 0 Å². The first kappa shape index (κ1) is 76.1. The van der Waals surface area contributed by atoms with Crippen molar-refractivity contribution < 1.29 is 67.8 Å². The molecule has 0 aliphatic carbocycles. The van der Waals surface area contributed by atoms with Gasteiger partial charge in [-0.1, -0.05) is 135 Å². The average molecular weight is 1110 g/mol. The smallest absolute Gasteiger partial charge is 0.326 e. The summed E-state index contributed by atoms with van der Waals surface area (Å²) in [6.07, 6.45) is 28.2. The molecule has 0 aliphatic rings. The van der Waals surface area contributed by atoms with Crippen LogP contribution in [0.3, 0.4) is 0 Å². The number of carboxylic acid groups (broad SMARTS) is 3. The number of carbonyl (C=O) groups is 7. The second-order valence-corrected chi connectivity index (χ2v) is 20.0. The molecule has 19 nitrogen and oxygen atoms in total. The second kappa shape index (κ2) is 62.9. The highest BCUT2D eigenvalue weighted by atomic mass is 33.1. The first-order chi connectivity index (χ1) is 34.8. The molecule has 0 aromatic rings. The Labute approximate surface area is 447 Å². The van der Waals surface area contributed by atoms with Crippen LogP contribution in [0.25, 0.3) is 0 Å². The molecule has 0 spiro atoms. The zero-order valence-corrected chi connectivity index (χ0v) is 48.4. The number of rotatable bonds is 48. The van der Waals surface area contributed by atoms with E-state index in [1.165, 1.54) is 57.8 Å². The van der Waals surface area contributed by atoms with Crippen molar-refractivity contribution in [2.45, 2.75) is 174 Å². The molecule has 0 radical (unpaired) electrons. The SMILES string of the molecule is CC.CSC.CSSC.O=C(O)CCCCCCCCCCCCCCCCCCC(=O)NC(CCC(=O)NCCOCCOCC(=O)NCCOCCOCC(=O)NCCCCC(NP)C(=O)O)C(=O)O. The summed E-state index contributed by atoms with van der Waals surface area (Å²) in [5, 5.41) is 40.3. The van der Waals surface area contributed by atoms with E-state index in [0.29, 0.717) is 32.2 Å². The van der Waals surface area contributed by atoms with Gasteiger partial charge in [-0.3, -0.25) is 33.9 Å².